The van der Waals surface area contributed by atoms with Crippen LogP contribution in [0.5, 0.6) is 0 Å². The fourth-order valence-electron chi connectivity index (χ4n) is 1.84. The molecule has 4 nitrogen and oxygen atoms in total. The number of halogens is 1. The molecule has 0 aliphatic heterocycles. The largest absolute Gasteiger partial charge is 0.272 e. The summed E-state index contributed by atoms with van der Waals surface area (Å²) in [7, 11) is -1.36. The van der Waals surface area contributed by atoms with Gasteiger partial charge in [-0.2, -0.15) is 0 Å². The van der Waals surface area contributed by atoms with Crippen LogP contribution in [0.3, 0.4) is 0 Å². The third-order valence-corrected chi connectivity index (χ3v) is 4.35. The number of hydrogen-bond donors (Lipinski definition) is 0. The average molecular weight is 293 g/mol. The molecule has 0 fully saturated rings. The van der Waals surface area contributed by atoms with Crippen LogP contribution in [0.25, 0.3) is 0 Å². The molecule has 0 amide bonds. The van der Waals surface area contributed by atoms with Gasteiger partial charge in [0.25, 0.3) is 5.69 Å². The molecule has 2 rings (SSSR count). The number of nitrogens with zero attached hydrogens (tertiary/aromatic N) is 1. The van der Waals surface area contributed by atoms with E-state index in [2.05, 4.69) is 0 Å². The van der Waals surface area contributed by atoms with E-state index in [1.165, 1.54) is 30.3 Å². The maximum Gasteiger partial charge on any atom is 0.272 e. The molecule has 0 bridgehead atoms. The SMILES string of the molecule is Cc1c(CS(=O)c2ccc(F)cc2)cccc1[N+](=O)[O-]. The predicted octanol–water partition coefficient (Wildman–Crippen LogP) is 3.35. The molecule has 0 spiro atoms. The minimum atomic E-state index is -1.36. The summed E-state index contributed by atoms with van der Waals surface area (Å²) in [5.41, 5.74) is 1.17. The van der Waals surface area contributed by atoms with Crippen molar-refractivity contribution in [2.75, 3.05) is 0 Å². The Labute approximate surface area is 117 Å². The smallest absolute Gasteiger partial charge is 0.258 e. The molecule has 0 radical (unpaired) electrons. The first-order valence-corrected chi connectivity index (χ1v) is 7.18. The van der Waals surface area contributed by atoms with E-state index in [-0.39, 0.29) is 11.4 Å². The van der Waals surface area contributed by atoms with Gasteiger partial charge in [-0.3, -0.25) is 14.3 Å². The Morgan fingerprint density at radius 2 is 1.85 bits per heavy atom. The first-order valence-electron chi connectivity index (χ1n) is 5.86. The van der Waals surface area contributed by atoms with Crippen LogP contribution in [0.4, 0.5) is 10.1 Å². The molecule has 2 aromatic rings. The molecule has 20 heavy (non-hydrogen) atoms. The van der Waals surface area contributed by atoms with Gasteiger partial charge in [0.15, 0.2) is 0 Å². The summed E-state index contributed by atoms with van der Waals surface area (Å²) in [6.45, 7) is 1.63. The van der Waals surface area contributed by atoms with Crippen molar-refractivity contribution in [1.29, 1.82) is 0 Å². The second-order valence-electron chi connectivity index (χ2n) is 4.26. The van der Waals surface area contributed by atoms with Crippen molar-refractivity contribution in [1.82, 2.24) is 0 Å². The Kier molecular flexibility index (Phi) is 4.24. The molecule has 0 N–H and O–H groups in total. The Bertz CT molecular complexity index is 671. The normalized spacial score (nSPS) is 12.1. The maximum absolute atomic E-state index is 12.8. The Morgan fingerprint density at radius 3 is 2.45 bits per heavy atom. The van der Waals surface area contributed by atoms with Crippen LogP contribution in [0.1, 0.15) is 11.1 Å². The second kappa shape index (κ2) is 5.92. The van der Waals surface area contributed by atoms with Crippen molar-refractivity contribution in [2.24, 2.45) is 0 Å². The highest BCUT2D eigenvalue weighted by atomic mass is 32.2. The summed E-state index contributed by atoms with van der Waals surface area (Å²) in [6.07, 6.45) is 0. The third-order valence-electron chi connectivity index (χ3n) is 2.98. The molecule has 1 unspecified atom stereocenters. The molecule has 0 aliphatic carbocycles. The van der Waals surface area contributed by atoms with Gasteiger partial charge in [0, 0.05) is 16.5 Å². The first kappa shape index (κ1) is 14.3. The van der Waals surface area contributed by atoms with Gasteiger partial charge in [0.05, 0.1) is 21.5 Å². The van der Waals surface area contributed by atoms with Gasteiger partial charge in [-0.15, -0.1) is 0 Å². The van der Waals surface area contributed by atoms with Crippen molar-refractivity contribution in [3.05, 3.63) is 69.5 Å². The Morgan fingerprint density at radius 1 is 1.20 bits per heavy atom. The number of benzene rings is 2. The van der Waals surface area contributed by atoms with E-state index in [1.807, 2.05) is 0 Å². The van der Waals surface area contributed by atoms with Crippen molar-refractivity contribution in [3.8, 4) is 0 Å². The van der Waals surface area contributed by atoms with Gasteiger partial charge in [-0.05, 0) is 36.8 Å². The van der Waals surface area contributed by atoms with Crippen LogP contribution in [0, 0.1) is 22.9 Å². The van der Waals surface area contributed by atoms with Crippen LogP contribution in [-0.2, 0) is 16.6 Å². The van der Waals surface area contributed by atoms with Crippen LogP contribution in [0.15, 0.2) is 47.4 Å². The highest BCUT2D eigenvalue weighted by Crippen LogP contribution is 2.23. The summed E-state index contributed by atoms with van der Waals surface area (Å²) in [4.78, 5) is 10.9. The number of nitro benzene ring substituents is 1. The summed E-state index contributed by atoms with van der Waals surface area (Å²) in [5, 5.41) is 10.9. The quantitative estimate of drug-likeness (QED) is 0.641. The number of rotatable bonds is 4. The molecule has 0 aromatic heterocycles. The maximum atomic E-state index is 12.8. The zero-order chi connectivity index (χ0) is 14.7. The average Bonchev–Trinajstić information content (AvgIpc) is 2.41. The van der Waals surface area contributed by atoms with Crippen LogP contribution < -0.4 is 0 Å². The monoisotopic (exact) mass is 293 g/mol. The van der Waals surface area contributed by atoms with Gasteiger partial charge in [0.1, 0.15) is 5.82 Å². The minimum Gasteiger partial charge on any atom is -0.258 e. The molecular formula is C14H12FNO3S. The van der Waals surface area contributed by atoms with E-state index in [1.54, 1.807) is 19.1 Å². The molecule has 0 saturated heterocycles. The van der Waals surface area contributed by atoms with Gasteiger partial charge < -0.3 is 0 Å². The topological polar surface area (TPSA) is 60.2 Å². The second-order valence-corrected chi connectivity index (χ2v) is 5.71. The lowest BCUT2D eigenvalue weighted by Crippen LogP contribution is -2.01. The van der Waals surface area contributed by atoms with E-state index in [0.717, 1.165) is 0 Å². The fourth-order valence-corrected chi connectivity index (χ4v) is 3.04. The molecular weight excluding hydrogens is 281 g/mol. The van der Waals surface area contributed by atoms with Gasteiger partial charge in [0.2, 0.25) is 0 Å². The lowest BCUT2D eigenvalue weighted by atomic mass is 10.1. The van der Waals surface area contributed by atoms with E-state index in [0.29, 0.717) is 16.0 Å². The van der Waals surface area contributed by atoms with Gasteiger partial charge in [-0.1, -0.05) is 12.1 Å². The number of hydrogen-bond acceptors (Lipinski definition) is 3. The lowest BCUT2D eigenvalue weighted by Gasteiger charge is -2.06. The molecule has 6 heteroatoms. The van der Waals surface area contributed by atoms with E-state index in [4.69, 9.17) is 0 Å². The molecule has 104 valence electrons. The van der Waals surface area contributed by atoms with E-state index in [9.17, 15) is 18.7 Å². The summed E-state index contributed by atoms with van der Waals surface area (Å²) < 4.78 is 25.0. The summed E-state index contributed by atoms with van der Waals surface area (Å²) >= 11 is 0. The molecule has 1 atom stereocenters. The summed E-state index contributed by atoms with van der Waals surface area (Å²) in [5.74, 6) is -0.226. The zero-order valence-corrected chi connectivity index (χ0v) is 11.5. The Hall–Kier alpha value is -2.08. The first-order chi connectivity index (χ1) is 9.49. The molecule has 0 heterocycles. The fraction of sp³-hybridized carbons (Fsp3) is 0.143. The minimum absolute atomic E-state index is 0.0126. The van der Waals surface area contributed by atoms with E-state index >= 15 is 0 Å². The van der Waals surface area contributed by atoms with Gasteiger partial charge >= 0.3 is 0 Å². The van der Waals surface area contributed by atoms with E-state index < -0.39 is 21.5 Å². The predicted molar refractivity (Wildman–Crippen MR) is 74.3 cm³/mol. The van der Waals surface area contributed by atoms with Crippen LogP contribution >= 0.6 is 0 Å². The van der Waals surface area contributed by atoms with Crippen molar-refractivity contribution in [3.63, 3.8) is 0 Å². The highest BCUT2D eigenvalue weighted by Gasteiger charge is 2.15. The molecule has 2 aromatic carbocycles. The Balaban J connectivity index is 2.26. The lowest BCUT2D eigenvalue weighted by molar-refractivity contribution is -0.385. The highest BCUT2D eigenvalue weighted by molar-refractivity contribution is 7.84. The van der Waals surface area contributed by atoms with Crippen molar-refractivity contribution >= 4 is 16.5 Å². The molecule has 0 saturated carbocycles. The standard InChI is InChI=1S/C14H12FNO3S/c1-10-11(3-2-4-14(10)16(17)18)9-20(19)13-7-5-12(15)6-8-13/h2-8H,9H2,1H3. The van der Waals surface area contributed by atoms with Gasteiger partial charge in [-0.25, -0.2) is 4.39 Å². The van der Waals surface area contributed by atoms with Crippen molar-refractivity contribution in [2.45, 2.75) is 17.6 Å². The zero-order valence-electron chi connectivity index (χ0n) is 10.7. The third kappa shape index (κ3) is 3.08. The van der Waals surface area contributed by atoms with Crippen molar-refractivity contribution < 1.29 is 13.5 Å². The van der Waals surface area contributed by atoms with Crippen LogP contribution in [0.2, 0.25) is 0 Å². The summed E-state index contributed by atoms with van der Waals surface area (Å²) in [6, 6.07) is 10.1. The molecule has 0 aliphatic rings. The van der Waals surface area contributed by atoms with Crippen LogP contribution in [-0.4, -0.2) is 9.13 Å². The number of nitro groups is 1.